The molecule has 168 valence electrons. The van der Waals surface area contributed by atoms with E-state index in [-0.39, 0.29) is 17.7 Å². The van der Waals surface area contributed by atoms with Crippen molar-refractivity contribution in [1.82, 2.24) is 14.9 Å². The number of aromatic nitrogens is 2. The highest BCUT2D eigenvalue weighted by Gasteiger charge is 2.22. The molecule has 0 atom stereocenters. The topological polar surface area (TPSA) is 104 Å². The van der Waals surface area contributed by atoms with Crippen molar-refractivity contribution in [2.45, 2.75) is 25.7 Å². The van der Waals surface area contributed by atoms with Crippen LogP contribution in [-0.4, -0.2) is 46.3 Å². The Morgan fingerprint density at radius 2 is 1.88 bits per heavy atom. The number of benzene rings is 2. The van der Waals surface area contributed by atoms with Crippen molar-refractivity contribution in [1.29, 1.82) is 0 Å². The number of hydrogen-bond acceptors (Lipinski definition) is 4. The van der Waals surface area contributed by atoms with Gasteiger partial charge in [0.05, 0.1) is 11.0 Å². The molecule has 1 aliphatic rings. The standard InChI is InChI=1S/C23H25F2N5O2/c24-20(25)22-28-18-6-3-16(13-19(18)29-22)23(32)27-17-4-1-14(2-5-17)7-10-30-11-8-15(9-12-30)21(26)31/h1-6,13,15,20H,7-12H2,(H2,26,31)(H,27,32)(H,28,29). The number of carbonyl (C=O) groups is 2. The fourth-order valence-corrected chi connectivity index (χ4v) is 3.96. The average Bonchev–Trinajstić information content (AvgIpc) is 3.23. The Morgan fingerprint density at radius 3 is 2.53 bits per heavy atom. The number of likely N-dealkylation sites (tertiary alicyclic amines) is 1. The van der Waals surface area contributed by atoms with Crippen LogP contribution in [0.15, 0.2) is 42.5 Å². The largest absolute Gasteiger partial charge is 0.369 e. The minimum Gasteiger partial charge on any atom is -0.369 e. The van der Waals surface area contributed by atoms with Gasteiger partial charge in [-0.1, -0.05) is 12.1 Å². The average molecular weight is 441 g/mol. The number of rotatable bonds is 7. The van der Waals surface area contributed by atoms with E-state index in [2.05, 4.69) is 20.2 Å². The van der Waals surface area contributed by atoms with Crippen LogP contribution >= 0.6 is 0 Å². The van der Waals surface area contributed by atoms with Crippen molar-refractivity contribution >= 4 is 28.5 Å². The van der Waals surface area contributed by atoms with E-state index < -0.39 is 12.2 Å². The fraction of sp³-hybridized carbons (Fsp3) is 0.348. The van der Waals surface area contributed by atoms with E-state index in [9.17, 15) is 18.4 Å². The van der Waals surface area contributed by atoms with Gasteiger partial charge in [-0.2, -0.15) is 0 Å². The second kappa shape index (κ2) is 9.44. The van der Waals surface area contributed by atoms with Crippen LogP contribution in [0.2, 0.25) is 0 Å². The summed E-state index contributed by atoms with van der Waals surface area (Å²) in [4.78, 5) is 32.5. The van der Waals surface area contributed by atoms with Crippen LogP contribution in [0, 0.1) is 5.92 Å². The summed E-state index contributed by atoms with van der Waals surface area (Å²) in [7, 11) is 0. The molecule has 2 aromatic carbocycles. The number of nitrogens with two attached hydrogens (primary N) is 1. The van der Waals surface area contributed by atoms with Crippen LogP contribution in [0.5, 0.6) is 0 Å². The van der Waals surface area contributed by atoms with E-state index in [1.165, 1.54) is 6.07 Å². The lowest BCUT2D eigenvalue weighted by Gasteiger charge is -2.30. The van der Waals surface area contributed by atoms with Gasteiger partial charge in [0.1, 0.15) is 0 Å². The van der Waals surface area contributed by atoms with Gasteiger partial charge in [-0.05, 0) is 68.2 Å². The Hall–Kier alpha value is -3.33. The molecule has 0 unspecified atom stereocenters. The van der Waals surface area contributed by atoms with Gasteiger partial charge >= 0.3 is 0 Å². The molecule has 2 heterocycles. The molecule has 32 heavy (non-hydrogen) atoms. The van der Waals surface area contributed by atoms with Crippen molar-refractivity contribution in [3.8, 4) is 0 Å². The number of nitrogens with one attached hydrogen (secondary N) is 2. The van der Waals surface area contributed by atoms with E-state index in [0.29, 0.717) is 22.3 Å². The number of primary amides is 1. The van der Waals surface area contributed by atoms with Crippen LogP contribution in [0.1, 0.15) is 41.0 Å². The van der Waals surface area contributed by atoms with Crippen LogP contribution in [-0.2, 0) is 11.2 Å². The number of hydrogen-bond donors (Lipinski definition) is 3. The van der Waals surface area contributed by atoms with E-state index in [1.807, 2.05) is 24.3 Å². The van der Waals surface area contributed by atoms with Crippen molar-refractivity contribution in [3.63, 3.8) is 0 Å². The monoisotopic (exact) mass is 441 g/mol. The summed E-state index contributed by atoms with van der Waals surface area (Å²) in [6.45, 7) is 2.66. The molecule has 1 aromatic heterocycles. The van der Waals surface area contributed by atoms with Crippen LogP contribution < -0.4 is 11.1 Å². The molecule has 3 aromatic rings. The normalized spacial score (nSPS) is 15.3. The van der Waals surface area contributed by atoms with Crippen molar-refractivity contribution in [3.05, 3.63) is 59.4 Å². The summed E-state index contributed by atoms with van der Waals surface area (Å²) >= 11 is 0. The third kappa shape index (κ3) is 5.11. The second-order valence-electron chi connectivity index (χ2n) is 8.07. The third-order valence-corrected chi connectivity index (χ3v) is 5.89. The fourth-order valence-electron chi connectivity index (χ4n) is 3.96. The first-order valence-electron chi connectivity index (χ1n) is 10.6. The SMILES string of the molecule is NC(=O)C1CCN(CCc2ccc(NC(=O)c3ccc4nc(C(F)F)[nH]c4c3)cc2)CC1. The van der Waals surface area contributed by atoms with E-state index in [0.717, 1.165) is 44.5 Å². The number of imidazole rings is 1. The predicted octanol–water partition coefficient (Wildman–Crippen LogP) is 3.49. The Morgan fingerprint density at radius 1 is 1.16 bits per heavy atom. The summed E-state index contributed by atoms with van der Waals surface area (Å²) in [5, 5.41) is 2.83. The van der Waals surface area contributed by atoms with Crippen LogP contribution in [0.25, 0.3) is 11.0 Å². The summed E-state index contributed by atoms with van der Waals surface area (Å²) in [5.74, 6) is -0.949. The Kier molecular flexibility index (Phi) is 6.45. The molecule has 0 saturated carbocycles. The highest BCUT2D eigenvalue weighted by Crippen LogP contribution is 2.21. The van der Waals surface area contributed by atoms with Gasteiger partial charge in [0, 0.05) is 23.7 Å². The van der Waals surface area contributed by atoms with Gasteiger partial charge in [-0.15, -0.1) is 0 Å². The molecule has 1 aliphatic heterocycles. The first kappa shape index (κ1) is 21.9. The molecule has 9 heteroatoms. The number of halogens is 2. The number of carbonyl (C=O) groups excluding carboxylic acids is 2. The summed E-state index contributed by atoms with van der Waals surface area (Å²) in [5.41, 5.74) is 8.32. The highest BCUT2D eigenvalue weighted by molar-refractivity contribution is 6.05. The molecule has 0 bridgehead atoms. The number of amides is 2. The Labute approximate surface area is 184 Å². The molecule has 0 radical (unpaired) electrons. The van der Waals surface area contributed by atoms with Crippen LogP contribution in [0.4, 0.5) is 14.5 Å². The zero-order chi connectivity index (χ0) is 22.7. The number of anilines is 1. The molecule has 0 aliphatic carbocycles. The van der Waals surface area contributed by atoms with Crippen LogP contribution in [0.3, 0.4) is 0 Å². The first-order valence-corrected chi connectivity index (χ1v) is 10.6. The summed E-state index contributed by atoms with van der Waals surface area (Å²) in [6, 6.07) is 12.2. The zero-order valence-electron chi connectivity index (χ0n) is 17.5. The lowest BCUT2D eigenvalue weighted by Crippen LogP contribution is -2.39. The van der Waals surface area contributed by atoms with E-state index in [1.54, 1.807) is 12.1 Å². The molecule has 1 saturated heterocycles. The molecular formula is C23H25F2N5O2. The molecule has 4 rings (SSSR count). The zero-order valence-corrected chi connectivity index (χ0v) is 17.5. The quantitative estimate of drug-likeness (QED) is 0.522. The van der Waals surface area contributed by atoms with Gasteiger partial charge in [0.15, 0.2) is 5.82 Å². The first-order chi connectivity index (χ1) is 15.4. The molecule has 0 spiro atoms. The Bertz CT molecular complexity index is 1110. The van der Waals surface area contributed by atoms with Crippen molar-refractivity contribution < 1.29 is 18.4 Å². The number of nitrogens with zero attached hydrogens (tertiary/aromatic N) is 2. The summed E-state index contributed by atoms with van der Waals surface area (Å²) < 4.78 is 25.6. The maximum Gasteiger partial charge on any atom is 0.295 e. The number of alkyl halides is 2. The maximum atomic E-state index is 12.8. The van der Waals surface area contributed by atoms with Gasteiger partial charge < -0.3 is 20.9 Å². The van der Waals surface area contributed by atoms with Gasteiger partial charge in [0.2, 0.25) is 5.91 Å². The highest BCUT2D eigenvalue weighted by atomic mass is 19.3. The Balaban J connectivity index is 1.31. The maximum absolute atomic E-state index is 12.8. The predicted molar refractivity (Wildman–Crippen MR) is 118 cm³/mol. The minimum absolute atomic E-state index is 0.00511. The molecule has 2 amide bonds. The molecule has 7 nitrogen and oxygen atoms in total. The molecule has 4 N–H and O–H groups in total. The lowest BCUT2D eigenvalue weighted by atomic mass is 9.96. The minimum atomic E-state index is -2.69. The number of fused-ring (bicyclic) bond motifs is 1. The van der Waals surface area contributed by atoms with E-state index >= 15 is 0 Å². The molecular weight excluding hydrogens is 416 g/mol. The van der Waals surface area contributed by atoms with Crippen molar-refractivity contribution in [2.75, 3.05) is 25.0 Å². The van der Waals surface area contributed by atoms with E-state index in [4.69, 9.17) is 5.73 Å². The summed E-state index contributed by atoms with van der Waals surface area (Å²) in [6.07, 6.45) is -0.194. The third-order valence-electron chi connectivity index (χ3n) is 5.89. The number of aromatic amines is 1. The van der Waals surface area contributed by atoms with Gasteiger partial charge in [0.25, 0.3) is 12.3 Å². The number of H-pyrrole nitrogens is 1. The molecule has 1 fully saturated rings. The van der Waals surface area contributed by atoms with Gasteiger partial charge in [-0.25, -0.2) is 13.8 Å². The van der Waals surface area contributed by atoms with Gasteiger partial charge in [-0.3, -0.25) is 9.59 Å². The number of piperidine rings is 1. The lowest BCUT2D eigenvalue weighted by molar-refractivity contribution is -0.123. The second-order valence-corrected chi connectivity index (χ2v) is 8.07. The smallest absolute Gasteiger partial charge is 0.295 e. The van der Waals surface area contributed by atoms with Crippen molar-refractivity contribution in [2.24, 2.45) is 11.7 Å².